The summed E-state index contributed by atoms with van der Waals surface area (Å²) < 4.78 is 26.0. The standard InChI is InChI=1S/C16H10F2/c17-15(18)14-9-16(14)12-7-3-1-5-10(12)11-6-2-4-8-13(11)16/h1-8H,9H2. The van der Waals surface area contributed by atoms with Crippen molar-refractivity contribution in [2.75, 3.05) is 0 Å². The fourth-order valence-electron chi connectivity index (χ4n) is 3.29. The maximum atomic E-state index is 13.0. The van der Waals surface area contributed by atoms with Crippen molar-refractivity contribution in [2.45, 2.75) is 11.8 Å². The Bertz CT molecular complexity index is 648. The molecule has 2 aromatic carbocycles. The van der Waals surface area contributed by atoms with E-state index in [4.69, 9.17) is 0 Å². The van der Waals surface area contributed by atoms with Crippen LogP contribution in [0.25, 0.3) is 11.1 Å². The second-order valence-corrected chi connectivity index (χ2v) is 4.91. The summed E-state index contributed by atoms with van der Waals surface area (Å²) in [5.41, 5.74) is 4.04. The molecule has 2 aliphatic carbocycles. The van der Waals surface area contributed by atoms with E-state index in [1.54, 1.807) is 0 Å². The van der Waals surface area contributed by atoms with Crippen LogP contribution in [0.2, 0.25) is 0 Å². The molecule has 0 saturated heterocycles. The summed E-state index contributed by atoms with van der Waals surface area (Å²) in [5.74, 6) is 0. The maximum Gasteiger partial charge on any atom is 0.270 e. The molecule has 0 radical (unpaired) electrons. The number of halogens is 2. The van der Waals surface area contributed by atoms with Gasteiger partial charge in [0.2, 0.25) is 0 Å². The molecule has 0 unspecified atom stereocenters. The lowest BCUT2D eigenvalue weighted by molar-refractivity contribution is 0.416. The quantitative estimate of drug-likeness (QED) is 0.635. The molecule has 0 heterocycles. The normalized spacial score (nSPS) is 17.6. The number of fused-ring (bicyclic) bond motifs is 5. The number of benzene rings is 2. The Balaban J connectivity index is 2.10. The second kappa shape index (κ2) is 3.08. The van der Waals surface area contributed by atoms with E-state index in [9.17, 15) is 8.78 Å². The van der Waals surface area contributed by atoms with Crippen LogP contribution in [0.1, 0.15) is 17.5 Å². The van der Waals surface area contributed by atoms with Crippen LogP contribution in [0.3, 0.4) is 0 Å². The summed E-state index contributed by atoms with van der Waals surface area (Å²) in [6.45, 7) is 0. The van der Waals surface area contributed by atoms with Crippen molar-refractivity contribution in [1.29, 1.82) is 0 Å². The Morgan fingerprint density at radius 2 is 1.33 bits per heavy atom. The van der Waals surface area contributed by atoms with E-state index in [0.717, 1.165) is 22.3 Å². The molecule has 0 nitrogen and oxygen atoms in total. The van der Waals surface area contributed by atoms with E-state index in [1.165, 1.54) is 0 Å². The van der Waals surface area contributed by atoms with Gasteiger partial charge in [-0.3, -0.25) is 0 Å². The molecule has 2 heteroatoms. The highest BCUT2D eigenvalue weighted by Crippen LogP contribution is 2.66. The van der Waals surface area contributed by atoms with Gasteiger partial charge in [0, 0.05) is 5.57 Å². The molecular weight excluding hydrogens is 230 g/mol. The van der Waals surface area contributed by atoms with E-state index in [-0.39, 0.29) is 0 Å². The molecule has 2 aliphatic rings. The molecule has 0 atom stereocenters. The number of hydrogen-bond acceptors (Lipinski definition) is 0. The zero-order valence-electron chi connectivity index (χ0n) is 9.58. The molecule has 0 N–H and O–H groups in total. The Labute approximate surface area is 104 Å². The predicted octanol–water partition coefficient (Wildman–Crippen LogP) is 4.51. The van der Waals surface area contributed by atoms with Gasteiger partial charge in [-0.05, 0) is 28.7 Å². The van der Waals surface area contributed by atoms with Crippen LogP contribution in [0.4, 0.5) is 8.78 Å². The minimum atomic E-state index is -1.51. The SMILES string of the molecule is FC(F)=C1CC12c1ccccc1-c1ccccc12. The third kappa shape index (κ3) is 0.993. The first kappa shape index (κ1) is 10.0. The first-order chi connectivity index (χ1) is 8.75. The van der Waals surface area contributed by atoms with E-state index < -0.39 is 11.5 Å². The summed E-state index contributed by atoms with van der Waals surface area (Å²) >= 11 is 0. The van der Waals surface area contributed by atoms with E-state index in [1.807, 2.05) is 48.5 Å². The number of hydrogen-bond donors (Lipinski definition) is 0. The molecule has 1 spiro atoms. The fourth-order valence-corrected chi connectivity index (χ4v) is 3.29. The van der Waals surface area contributed by atoms with Gasteiger partial charge in [-0.1, -0.05) is 48.5 Å². The van der Waals surface area contributed by atoms with Gasteiger partial charge in [0.1, 0.15) is 0 Å². The Hall–Kier alpha value is -1.96. The van der Waals surface area contributed by atoms with E-state index in [2.05, 4.69) is 0 Å². The largest absolute Gasteiger partial charge is 0.270 e. The van der Waals surface area contributed by atoms with Crippen LogP contribution in [-0.2, 0) is 5.41 Å². The molecule has 4 rings (SSSR count). The van der Waals surface area contributed by atoms with Gasteiger partial charge in [0.25, 0.3) is 6.08 Å². The van der Waals surface area contributed by atoms with Gasteiger partial charge < -0.3 is 0 Å². The third-order valence-corrected chi connectivity index (χ3v) is 4.12. The van der Waals surface area contributed by atoms with Gasteiger partial charge in [-0.2, -0.15) is 8.78 Å². The Kier molecular flexibility index (Phi) is 1.71. The highest BCUT2D eigenvalue weighted by Gasteiger charge is 2.59. The van der Waals surface area contributed by atoms with Gasteiger partial charge in [0.15, 0.2) is 0 Å². The maximum absolute atomic E-state index is 13.0. The topological polar surface area (TPSA) is 0 Å². The van der Waals surface area contributed by atoms with E-state index >= 15 is 0 Å². The zero-order chi connectivity index (χ0) is 12.3. The highest BCUT2D eigenvalue weighted by molar-refractivity contribution is 5.86. The molecule has 0 amide bonds. The first-order valence-corrected chi connectivity index (χ1v) is 5.99. The van der Waals surface area contributed by atoms with Crippen molar-refractivity contribution >= 4 is 0 Å². The summed E-state index contributed by atoms with van der Waals surface area (Å²) in [6.07, 6.45) is -1.05. The van der Waals surface area contributed by atoms with Crippen molar-refractivity contribution < 1.29 is 8.78 Å². The number of rotatable bonds is 0. The minimum absolute atomic E-state index is 0.292. The summed E-state index contributed by atoms with van der Waals surface area (Å²) in [4.78, 5) is 0. The second-order valence-electron chi connectivity index (χ2n) is 4.91. The smallest absolute Gasteiger partial charge is 0.173 e. The minimum Gasteiger partial charge on any atom is -0.173 e. The molecule has 1 fully saturated rings. The molecule has 88 valence electrons. The molecule has 0 aliphatic heterocycles. The molecule has 2 aromatic rings. The van der Waals surface area contributed by atoms with Gasteiger partial charge in [-0.25, -0.2) is 0 Å². The summed E-state index contributed by atoms with van der Waals surface area (Å²) in [7, 11) is 0. The van der Waals surface area contributed by atoms with Crippen molar-refractivity contribution in [3.63, 3.8) is 0 Å². The van der Waals surface area contributed by atoms with Crippen LogP contribution < -0.4 is 0 Å². The average molecular weight is 240 g/mol. The van der Waals surface area contributed by atoms with Crippen LogP contribution >= 0.6 is 0 Å². The molecular formula is C16H10F2. The third-order valence-electron chi connectivity index (χ3n) is 4.12. The molecule has 1 saturated carbocycles. The van der Waals surface area contributed by atoms with Crippen molar-refractivity contribution in [2.24, 2.45) is 0 Å². The lowest BCUT2D eigenvalue weighted by Crippen LogP contribution is -2.04. The van der Waals surface area contributed by atoms with Crippen molar-refractivity contribution in [1.82, 2.24) is 0 Å². The lowest BCUT2D eigenvalue weighted by atomic mass is 9.93. The predicted molar refractivity (Wildman–Crippen MR) is 66.5 cm³/mol. The lowest BCUT2D eigenvalue weighted by Gasteiger charge is -2.09. The average Bonchev–Trinajstić information content (AvgIpc) is 3.09. The van der Waals surface area contributed by atoms with Crippen molar-refractivity contribution in [3.05, 3.63) is 71.3 Å². The Morgan fingerprint density at radius 3 is 1.78 bits per heavy atom. The van der Waals surface area contributed by atoms with Crippen LogP contribution in [-0.4, -0.2) is 0 Å². The van der Waals surface area contributed by atoms with Crippen LogP contribution in [0, 0.1) is 0 Å². The highest BCUT2D eigenvalue weighted by atomic mass is 19.3. The first-order valence-electron chi connectivity index (χ1n) is 5.99. The molecule has 0 bridgehead atoms. The zero-order valence-corrected chi connectivity index (χ0v) is 9.58. The van der Waals surface area contributed by atoms with Crippen LogP contribution in [0.15, 0.2) is 60.2 Å². The monoisotopic (exact) mass is 240 g/mol. The van der Waals surface area contributed by atoms with Gasteiger partial charge in [-0.15, -0.1) is 0 Å². The van der Waals surface area contributed by atoms with Gasteiger partial charge >= 0.3 is 0 Å². The molecule has 0 aromatic heterocycles. The fraction of sp³-hybridized carbons (Fsp3) is 0.125. The van der Waals surface area contributed by atoms with Gasteiger partial charge in [0.05, 0.1) is 5.41 Å². The van der Waals surface area contributed by atoms with Crippen molar-refractivity contribution in [3.8, 4) is 11.1 Å². The molecule has 18 heavy (non-hydrogen) atoms. The summed E-state index contributed by atoms with van der Waals surface area (Å²) in [5, 5.41) is 0. The number of allylic oxidation sites excluding steroid dienone is 1. The van der Waals surface area contributed by atoms with Crippen LogP contribution in [0.5, 0.6) is 0 Å². The Morgan fingerprint density at radius 1 is 0.833 bits per heavy atom. The summed E-state index contributed by atoms with van der Waals surface area (Å²) in [6, 6.07) is 15.8. The van der Waals surface area contributed by atoms with E-state index in [0.29, 0.717) is 12.0 Å².